The Morgan fingerprint density at radius 1 is 1.21 bits per heavy atom. The molecular weight excluding hydrogens is 356 g/mol. The van der Waals surface area contributed by atoms with E-state index in [0.29, 0.717) is 29.3 Å². The van der Waals surface area contributed by atoms with Gasteiger partial charge < -0.3 is 5.73 Å². The van der Waals surface area contributed by atoms with E-state index in [-0.39, 0.29) is 0 Å². The molecule has 28 heavy (non-hydrogen) atoms. The summed E-state index contributed by atoms with van der Waals surface area (Å²) < 4.78 is 1.69. The summed E-state index contributed by atoms with van der Waals surface area (Å²) in [6.45, 7) is 1.76. The number of aromatic nitrogens is 5. The van der Waals surface area contributed by atoms with Crippen molar-refractivity contribution in [3.8, 4) is 0 Å². The quantitative estimate of drug-likeness (QED) is 0.433. The molecule has 0 radical (unpaired) electrons. The number of pyridine rings is 1. The zero-order valence-electron chi connectivity index (χ0n) is 15.4. The summed E-state index contributed by atoms with van der Waals surface area (Å²) in [7, 11) is 1.49. The van der Waals surface area contributed by atoms with Crippen LogP contribution in [0.1, 0.15) is 24.0 Å². The van der Waals surface area contributed by atoms with Crippen molar-refractivity contribution in [1.82, 2.24) is 29.8 Å². The predicted molar refractivity (Wildman–Crippen MR) is 105 cm³/mol. The molecule has 0 aliphatic heterocycles. The Hall–Kier alpha value is -3.88. The molecule has 0 saturated heterocycles. The van der Waals surface area contributed by atoms with Gasteiger partial charge in [-0.05, 0) is 42.8 Å². The summed E-state index contributed by atoms with van der Waals surface area (Å²) in [4.78, 5) is 15.5. The molecule has 0 fully saturated rings. The van der Waals surface area contributed by atoms with Crippen LogP contribution in [0.4, 0.5) is 4.79 Å². The van der Waals surface area contributed by atoms with E-state index in [2.05, 4.69) is 31.4 Å². The molecule has 9 nitrogen and oxygen atoms in total. The first kappa shape index (κ1) is 17.5. The van der Waals surface area contributed by atoms with Gasteiger partial charge in [-0.3, -0.25) is 4.98 Å². The molecule has 0 spiro atoms. The van der Waals surface area contributed by atoms with Gasteiger partial charge in [0.1, 0.15) is 5.69 Å². The van der Waals surface area contributed by atoms with Crippen molar-refractivity contribution in [3.63, 3.8) is 0 Å². The molecule has 0 aliphatic rings. The highest BCUT2D eigenvalue weighted by Crippen LogP contribution is 2.16. The number of nitrogens with two attached hydrogens (primary N) is 1. The third-order valence-corrected chi connectivity index (χ3v) is 4.35. The van der Waals surface area contributed by atoms with Gasteiger partial charge in [-0.1, -0.05) is 12.1 Å². The van der Waals surface area contributed by atoms with Crippen molar-refractivity contribution in [1.29, 1.82) is 0 Å². The van der Waals surface area contributed by atoms with Gasteiger partial charge >= 0.3 is 6.03 Å². The number of benzene rings is 1. The molecule has 2 N–H and O–H groups in total. The molecule has 0 saturated carbocycles. The Kier molecular flexibility index (Phi) is 4.40. The van der Waals surface area contributed by atoms with Gasteiger partial charge in [-0.15, -0.1) is 10.2 Å². The monoisotopic (exact) mass is 374 g/mol. The minimum absolute atomic E-state index is 0.555. The molecule has 140 valence electrons. The maximum absolute atomic E-state index is 11.2. The summed E-state index contributed by atoms with van der Waals surface area (Å²) in [6.07, 6.45) is 2.35. The van der Waals surface area contributed by atoms with Crippen molar-refractivity contribution in [2.45, 2.75) is 13.3 Å². The number of primary amides is 1. The summed E-state index contributed by atoms with van der Waals surface area (Å²) in [5, 5.41) is 19.3. The molecule has 2 amide bonds. The molecule has 0 bridgehead atoms. The third-order valence-electron chi connectivity index (χ3n) is 4.35. The minimum atomic E-state index is -0.642. The van der Waals surface area contributed by atoms with Crippen LogP contribution in [-0.4, -0.2) is 48.6 Å². The SMILES string of the molecule is C/C(=N\N(C)C(N)=O)c1ccc2nnc(Cc3ccc4ncccc4c3)n2n1. The van der Waals surface area contributed by atoms with Crippen LogP contribution in [0.25, 0.3) is 16.6 Å². The summed E-state index contributed by atoms with van der Waals surface area (Å²) in [5.41, 5.74) is 9.04. The summed E-state index contributed by atoms with van der Waals surface area (Å²) >= 11 is 0. The molecule has 4 rings (SSSR count). The fourth-order valence-electron chi connectivity index (χ4n) is 2.88. The molecular formula is C19H18N8O. The van der Waals surface area contributed by atoms with E-state index in [4.69, 9.17) is 5.73 Å². The Balaban J connectivity index is 1.68. The van der Waals surface area contributed by atoms with Crippen LogP contribution in [0.3, 0.4) is 0 Å². The van der Waals surface area contributed by atoms with Crippen LogP contribution in [0.5, 0.6) is 0 Å². The molecule has 0 unspecified atom stereocenters. The van der Waals surface area contributed by atoms with Crippen molar-refractivity contribution in [2.75, 3.05) is 7.05 Å². The highest BCUT2D eigenvalue weighted by atomic mass is 16.2. The average molecular weight is 374 g/mol. The van der Waals surface area contributed by atoms with Crippen LogP contribution in [0.2, 0.25) is 0 Å². The number of nitrogens with zero attached hydrogens (tertiary/aromatic N) is 7. The number of hydrazone groups is 1. The van der Waals surface area contributed by atoms with E-state index in [0.717, 1.165) is 21.5 Å². The highest BCUT2D eigenvalue weighted by molar-refractivity contribution is 5.97. The standard InChI is InChI=1S/C19H18N8O/c1-12(24-26(2)19(20)28)15-7-8-17-22-23-18(27(17)25-15)11-13-5-6-16-14(10-13)4-3-9-21-16/h3-10H,11H2,1-2H3,(H2,20,28)/b24-12+. The molecule has 0 atom stereocenters. The van der Waals surface area contributed by atoms with Crippen LogP contribution in [0, 0.1) is 0 Å². The van der Waals surface area contributed by atoms with Gasteiger partial charge in [-0.25, -0.2) is 9.80 Å². The van der Waals surface area contributed by atoms with E-state index in [1.807, 2.05) is 30.3 Å². The van der Waals surface area contributed by atoms with Crippen molar-refractivity contribution >= 4 is 28.3 Å². The van der Waals surface area contributed by atoms with Gasteiger partial charge in [0, 0.05) is 25.1 Å². The van der Waals surface area contributed by atoms with Crippen molar-refractivity contribution in [2.24, 2.45) is 10.8 Å². The van der Waals surface area contributed by atoms with E-state index in [1.165, 1.54) is 7.05 Å². The number of hydrogen-bond acceptors (Lipinski definition) is 6. The minimum Gasteiger partial charge on any atom is -0.350 e. The highest BCUT2D eigenvalue weighted by Gasteiger charge is 2.11. The smallest absolute Gasteiger partial charge is 0.334 e. The fraction of sp³-hybridized carbons (Fsp3) is 0.158. The molecule has 3 aromatic heterocycles. The fourth-order valence-corrected chi connectivity index (χ4v) is 2.88. The number of amides is 2. The Morgan fingerprint density at radius 2 is 2.07 bits per heavy atom. The molecule has 4 aromatic rings. The van der Waals surface area contributed by atoms with Gasteiger partial charge in [-0.2, -0.15) is 14.7 Å². The van der Waals surface area contributed by atoms with Gasteiger partial charge in [0.25, 0.3) is 0 Å². The number of carbonyl (C=O) groups excluding carboxylic acids is 1. The lowest BCUT2D eigenvalue weighted by Gasteiger charge is -2.09. The van der Waals surface area contributed by atoms with Gasteiger partial charge in [0.2, 0.25) is 0 Å². The van der Waals surface area contributed by atoms with E-state index >= 15 is 0 Å². The molecule has 1 aromatic carbocycles. The van der Waals surface area contributed by atoms with Crippen LogP contribution in [0.15, 0.2) is 53.8 Å². The summed E-state index contributed by atoms with van der Waals surface area (Å²) in [6, 6.07) is 13.0. The van der Waals surface area contributed by atoms with Crippen LogP contribution in [-0.2, 0) is 6.42 Å². The van der Waals surface area contributed by atoms with Crippen molar-refractivity contribution in [3.05, 3.63) is 65.7 Å². The largest absolute Gasteiger partial charge is 0.350 e. The first-order chi connectivity index (χ1) is 13.5. The zero-order valence-corrected chi connectivity index (χ0v) is 15.4. The molecule has 3 heterocycles. The lowest BCUT2D eigenvalue weighted by Crippen LogP contribution is -2.28. The predicted octanol–water partition coefficient (Wildman–Crippen LogP) is 2.00. The zero-order chi connectivity index (χ0) is 19.7. The maximum Gasteiger partial charge on any atom is 0.334 e. The lowest BCUT2D eigenvalue weighted by atomic mass is 10.1. The number of hydrogen-bond donors (Lipinski definition) is 1. The first-order valence-corrected chi connectivity index (χ1v) is 8.65. The van der Waals surface area contributed by atoms with Gasteiger partial charge in [0.05, 0.1) is 11.2 Å². The Labute approximate surface area is 160 Å². The van der Waals surface area contributed by atoms with E-state index in [1.54, 1.807) is 23.7 Å². The number of rotatable bonds is 4. The van der Waals surface area contributed by atoms with Gasteiger partial charge in [0.15, 0.2) is 11.5 Å². The maximum atomic E-state index is 11.2. The first-order valence-electron chi connectivity index (χ1n) is 8.65. The second kappa shape index (κ2) is 7.03. The number of fused-ring (bicyclic) bond motifs is 2. The normalized spacial score (nSPS) is 11.9. The van der Waals surface area contributed by atoms with Crippen LogP contribution >= 0.6 is 0 Å². The second-order valence-electron chi connectivity index (χ2n) is 6.36. The second-order valence-corrected chi connectivity index (χ2v) is 6.36. The Morgan fingerprint density at radius 3 is 2.89 bits per heavy atom. The van der Waals surface area contributed by atoms with Crippen molar-refractivity contribution < 1.29 is 4.79 Å². The van der Waals surface area contributed by atoms with E-state index < -0.39 is 6.03 Å². The lowest BCUT2D eigenvalue weighted by molar-refractivity contribution is 0.220. The number of urea groups is 1. The topological polar surface area (TPSA) is 115 Å². The number of carbonyl (C=O) groups is 1. The molecule has 9 heteroatoms. The molecule has 0 aliphatic carbocycles. The third kappa shape index (κ3) is 3.37. The Bertz CT molecular complexity index is 1210. The summed E-state index contributed by atoms with van der Waals surface area (Å²) in [5.74, 6) is 0.705. The average Bonchev–Trinajstić information content (AvgIpc) is 3.09. The van der Waals surface area contributed by atoms with E-state index in [9.17, 15) is 4.79 Å². The van der Waals surface area contributed by atoms with Crippen LogP contribution < -0.4 is 5.73 Å².